The first kappa shape index (κ1) is 13.6. The smallest absolute Gasteiger partial charge is 0.128 e. The third-order valence-electron chi connectivity index (χ3n) is 2.78. The van der Waals surface area contributed by atoms with Crippen LogP contribution < -0.4 is 0 Å². The van der Waals surface area contributed by atoms with Crippen LogP contribution in [0.4, 0.5) is 0 Å². The van der Waals surface area contributed by atoms with Gasteiger partial charge in [0.1, 0.15) is 16.2 Å². The summed E-state index contributed by atoms with van der Waals surface area (Å²) in [5, 5.41) is 4.18. The maximum absolute atomic E-state index is 5.34. The molecule has 5 heteroatoms. The fraction of sp³-hybridized carbons (Fsp3) is 0.0667. The fourth-order valence-electron chi connectivity index (χ4n) is 1.91. The predicted molar refractivity (Wildman–Crippen MR) is 90.1 cm³/mol. The highest BCUT2D eigenvalue weighted by atomic mass is 79.9. The number of nitrogens with zero attached hydrogens (tertiary/aromatic N) is 2. The third-order valence-corrected chi connectivity index (χ3v) is 5.09. The van der Waals surface area contributed by atoms with E-state index in [9.17, 15) is 0 Å². The van der Waals surface area contributed by atoms with Crippen molar-refractivity contribution in [3.63, 3.8) is 0 Å². The van der Waals surface area contributed by atoms with E-state index >= 15 is 0 Å². The van der Waals surface area contributed by atoms with Gasteiger partial charge in [-0.3, -0.25) is 0 Å². The van der Waals surface area contributed by atoms with Gasteiger partial charge in [0.05, 0.1) is 11.1 Å². The molecule has 2 nitrogen and oxygen atoms in total. The van der Waals surface area contributed by atoms with Crippen molar-refractivity contribution < 1.29 is 0 Å². The van der Waals surface area contributed by atoms with Crippen LogP contribution in [0, 0.1) is 12.3 Å². The van der Waals surface area contributed by atoms with Crippen LogP contribution in [-0.2, 0) is 0 Å². The lowest BCUT2D eigenvalue weighted by Crippen LogP contribution is -1.86. The number of thioether (sulfide) groups is 1. The summed E-state index contributed by atoms with van der Waals surface area (Å²) in [6.45, 7) is 0. The molecule has 2 heterocycles. The molecule has 2 aromatic heterocycles. The zero-order valence-electron chi connectivity index (χ0n) is 10.3. The van der Waals surface area contributed by atoms with Gasteiger partial charge >= 0.3 is 0 Å². The van der Waals surface area contributed by atoms with Gasteiger partial charge in [-0.2, -0.15) is 0 Å². The second-order valence-corrected chi connectivity index (χ2v) is 6.75. The maximum Gasteiger partial charge on any atom is 0.128 e. The van der Waals surface area contributed by atoms with Crippen molar-refractivity contribution in [1.82, 2.24) is 9.97 Å². The van der Waals surface area contributed by atoms with Crippen molar-refractivity contribution in [2.75, 3.05) is 5.75 Å². The minimum absolute atomic E-state index is 0.613. The molecule has 3 aromatic rings. The van der Waals surface area contributed by atoms with E-state index in [0.29, 0.717) is 5.75 Å². The third kappa shape index (κ3) is 2.59. The van der Waals surface area contributed by atoms with Gasteiger partial charge in [0.25, 0.3) is 0 Å². The van der Waals surface area contributed by atoms with Gasteiger partial charge in [0.15, 0.2) is 0 Å². The number of hydrogen-bond donors (Lipinski definition) is 0. The van der Waals surface area contributed by atoms with Crippen molar-refractivity contribution in [1.29, 1.82) is 0 Å². The van der Waals surface area contributed by atoms with Gasteiger partial charge in [-0.05, 0) is 17.7 Å². The minimum atomic E-state index is 0.613. The van der Waals surface area contributed by atoms with E-state index in [1.807, 2.05) is 12.1 Å². The van der Waals surface area contributed by atoms with Crippen LogP contribution in [0.15, 0.2) is 45.5 Å². The SMILES string of the molecule is C#CCSc1ncnc2scc(-c3ccc(Br)cc3)c12. The molecule has 3 rings (SSSR count). The summed E-state index contributed by atoms with van der Waals surface area (Å²) in [7, 11) is 0. The molecule has 0 atom stereocenters. The number of rotatable bonds is 3. The molecule has 0 aliphatic rings. The summed E-state index contributed by atoms with van der Waals surface area (Å²) in [5.41, 5.74) is 2.33. The van der Waals surface area contributed by atoms with E-state index in [0.717, 1.165) is 30.8 Å². The molecule has 20 heavy (non-hydrogen) atoms. The van der Waals surface area contributed by atoms with Gasteiger partial charge in [0.2, 0.25) is 0 Å². The van der Waals surface area contributed by atoms with Crippen LogP contribution in [0.1, 0.15) is 0 Å². The molecular weight excluding hydrogens is 352 g/mol. The normalized spacial score (nSPS) is 10.6. The molecule has 0 unspecified atom stereocenters. The lowest BCUT2D eigenvalue weighted by Gasteiger charge is -2.04. The highest BCUT2D eigenvalue weighted by Gasteiger charge is 2.13. The first-order chi connectivity index (χ1) is 9.79. The zero-order valence-corrected chi connectivity index (χ0v) is 13.6. The fourth-order valence-corrected chi connectivity index (χ4v) is 3.85. The van der Waals surface area contributed by atoms with E-state index in [2.05, 4.69) is 49.3 Å². The molecular formula is C15H9BrN2S2. The lowest BCUT2D eigenvalue weighted by atomic mass is 10.1. The average Bonchev–Trinajstić information content (AvgIpc) is 2.90. The zero-order chi connectivity index (χ0) is 13.9. The lowest BCUT2D eigenvalue weighted by molar-refractivity contribution is 1.11. The molecule has 0 aliphatic carbocycles. The summed E-state index contributed by atoms with van der Waals surface area (Å²) in [4.78, 5) is 9.72. The van der Waals surface area contributed by atoms with Gasteiger partial charge in [-0.15, -0.1) is 17.8 Å². The highest BCUT2D eigenvalue weighted by Crippen LogP contribution is 2.37. The van der Waals surface area contributed by atoms with E-state index in [1.165, 1.54) is 0 Å². The molecule has 0 spiro atoms. The monoisotopic (exact) mass is 360 g/mol. The Kier molecular flexibility index (Phi) is 4.06. The number of halogens is 1. The molecule has 0 fully saturated rings. The topological polar surface area (TPSA) is 25.8 Å². The number of benzene rings is 1. The van der Waals surface area contributed by atoms with E-state index < -0.39 is 0 Å². The minimum Gasteiger partial charge on any atom is -0.229 e. The summed E-state index contributed by atoms with van der Waals surface area (Å²) >= 11 is 6.67. The Morgan fingerprint density at radius 1 is 1.25 bits per heavy atom. The van der Waals surface area contributed by atoms with Crippen molar-refractivity contribution in [2.24, 2.45) is 0 Å². The van der Waals surface area contributed by atoms with Gasteiger partial charge in [-0.1, -0.05) is 45.7 Å². The Hall–Kier alpha value is -1.35. The summed E-state index contributed by atoms with van der Waals surface area (Å²) in [6, 6.07) is 8.26. The number of thiophene rings is 1. The van der Waals surface area contributed by atoms with Crippen LogP contribution in [0.25, 0.3) is 21.3 Å². The average molecular weight is 361 g/mol. The molecule has 0 amide bonds. The Balaban J connectivity index is 2.16. The molecule has 0 radical (unpaired) electrons. The molecule has 98 valence electrons. The van der Waals surface area contributed by atoms with Gasteiger partial charge < -0.3 is 0 Å². The quantitative estimate of drug-likeness (QED) is 0.379. The molecule has 0 aliphatic heterocycles. The van der Waals surface area contributed by atoms with Crippen molar-refractivity contribution in [3.05, 3.63) is 40.4 Å². The van der Waals surface area contributed by atoms with Crippen LogP contribution in [0.3, 0.4) is 0 Å². The van der Waals surface area contributed by atoms with E-state index in [4.69, 9.17) is 6.42 Å². The highest BCUT2D eigenvalue weighted by molar-refractivity contribution is 9.10. The standard InChI is InChI=1S/C15H9BrN2S2/c1-2-7-19-14-13-12(8-20-15(13)18-9-17-14)10-3-5-11(16)6-4-10/h1,3-6,8-9H,7H2. The van der Waals surface area contributed by atoms with Crippen molar-refractivity contribution in [3.8, 4) is 23.5 Å². The predicted octanol–water partition coefficient (Wildman–Crippen LogP) is 4.85. The summed E-state index contributed by atoms with van der Waals surface area (Å²) < 4.78 is 1.07. The van der Waals surface area contributed by atoms with Crippen LogP contribution in [0.2, 0.25) is 0 Å². The van der Waals surface area contributed by atoms with Crippen LogP contribution in [0.5, 0.6) is 0 Å². The first-order valence-corrected chi connectivity index (χ1v) is 8.50. The largest absolute Gasteiger partial charge is 0.229 e. The summed E-state index contributed by atoms with van der Waals surface area (Å²) in [5.74, 6) is 3.25. The number of hydrogen-bond acceptors (Lipinski definition) is 4. The Labute approximate surface area is 133 Å². The molecule has 0 saturated carbocycles. The van der Waals surface area contributed by atoms with Crippen molar-refractivity contribution >= 4 is 49.2 Å². The number of fused-ring (bicyclic) bond motifs is 1. The summed E-state index contributed by atoms with van der Waals surface area (Å²) in [6.07, 6.45) is 6.94. The molecule has 1 aromatic carbocycles. The van der Waals surface area contributed by atoms with E-state index in [-0.39, 0.29) is 0 Å². The van der Waals surface area contributed by atoms with Crippen LogP contribution >= 0.6 is 39.0 Å². The molecule has 0 bridgehead atoms. The molecule has 0 saturated heterocycles. The van der Waals surface area contributed by atoms with Gasteiger partial charge in [-0.25, -0.2) is 9.97 Å². The second kappa shape index (κ2) is 5.96. The number of aromatic nitrogens is 2. The Bertz CT molecular complexity index is 788. The molecule has 0 N–H and O–H groups in total. The Morgan fingerprint density at radius 3 is 2.80 bits per heavy atom. The van der Waals surface area contributed by atoms with Crippen LogP contribution in [-0.4, -0.2) is 15.7 Å². The van der Waals surface area contributed by atoms with E-state index in [1.54, 1.807) is 29.4 Å². The number of terminal acetylenes is 1. The first-order valence-electron chi connectivity index (χ1n) is 5.84. The second-order valence-electron chi connectivity index (χ2n) is 4.01. The maximum atomic E-state index is 5.34. The Morgan fingerprint density at radius 2 is 2.05 bits per heavy atom. The van der Waals surface area contributed by atoms with Gasteiger partial charge in [0, 0.05) is 15.4 Å². The van der Waals surface area contributed by atoms with Crippen molar-refractivity contribution in [2.45, 2.75) is 5.03 Å².